The van der Waals surface area contributed by atoms with E-state index in [1.54, 1.807) is 6.26 Å². The van der Waals surface area contributed by atoms with Gasteiger partial charge in [0.2, 0.25) is 0 Å². The minimum atomic E-state index is 0.121. The van der Waals surface area contributed by atoms with E-state index in [9.17, 15) is 0 Å². The minimum Gasteiger partial charge on any atom is -0.467 e. The molecule has 0 saturated carbocycles. The first-order valence-electron chi connectivity index (χ1n) is 6.84. The van der Waals surface area contributed by atoms with E-state index in [1.807, 2.05) is 30.5 Å². The number of hydrogen-bond donors (Lipinski definition) is 1. The lowest BCUT2D eigenvalue weighted by molar-refractivity contribution is 0.212. The van der Waals surface area contributed by atoms with Gasteiger partial charge in [0.05, 0.1) is 12.0 Å². The van der Waals surface area contributed by atoms with E-state index in [-0.39, 0.29) is 6.04 Å². The summed E-state index contributed by atoms with van der Waals surface area (Å²) in [6.07, 6.45) is 4.74. The summed E-state index contributed by atoms with van der Waals surface area (Å²) in [6.45, 7) is 4.19. The van der Waals surface area contributed by atoms with Gasteiger partial charge in [0, 0.05) is 25.8 Å². The summed E-state index contributed by atoms with van der Waals surface area (Å²) in [4.78, 5) is 6.96. The molecule has 100 valence electrons. The zero-order chi connectivity index (χ0) is 12.9. The van der Waals surface area contributed by atoms with Crippen LogP contribution in [-0.2, 0) is 0 Å². The van der Waals surface area contributed by atoms with Crippen molar-refractivity contribution in [3.8, 4) is 0 Å². The van der Waals surface area contributed by atoms with Crippen LogP contribution in [0.5, 0.6) is 0 Å². The van der Waals surface area contributed by atoms with Crippen LogP contribution >= 0.6 is 0 Å². The second kappa shape index (κ2) is 5.99. The largest absolute Gasteiger partial charge is 0.467 e. The van der Waals surface area contributed by atoms with Crippen LogP contribution in [0.15, 0.2) is 47.2 Å². The van der Waals surface area contributed by atoms with Crippen LogP contribution in [0, 0.1) is 0 Å². The van der Waals surface area contributed by atoms with E-state index < -0.39 is 0 Å². The fourth-order valence-corrected chi connectivity index (χ4v) is 2.62. The lowest BCUT2D eigenvalue weighted by Crippen LogP contribution is -2.33. The van der Waals surface area contributed by atoms with Gasteiger partial charge in [-0.05, 0) is 37.2 Å². The van der Waals surface area contributed by atoms with Gasteiger partial charge in [-0.3, -0.25) is 9.88 Å². The first kappa shape index (κ1) is 12.4. The number of pyridine rings is 1. The van der Waals surface area contributed by atoms with Crippen LogP contribution in [0.3, 0.4) is 0 Å². The van der Waals surface area contributed by atoms with Crippen molar-refractivity contribution in [2.75, 3.05) is 26.2 Å². The standard InChI is InChI=1S/C15H19N3O/c1-2-8-17-13(5-1)15(14-6-3-12-19-14)18-10-4-7-16-9-11-18/h1-3,5-6,8,12,15-16H,4,7,9-11H2. The normalized spacial score (nSPS) is 18.9. The van der Waals surface area contributed by atoms with E-state index in [0.29, 0.717) is 0 Å². The quantitative estimate of drug-likeness (QED) is 0.914. The number of nitrogens with zero attached hydrogens (tertiary/aromatic N) is 2. The van der Waals surface area contributed by atoms with Gasteiger partial charge in [0.25, 0.3) is 0 Å². The molecule has 2 aromatic rings. The van der Waals surface area contributed by atoms with E-state index in [1.165, 1.54) is 0 Å². The molecule has 0 radical (unpaired) electrons. The fourth-order valence-electron chi connectivity index (χ4n) is 2.62. The Morgan fingerprint density at radius 1 is 1.16 bits per heavy atom. The Bertz CT molecular complexity index is 475. The topological polar surface area (TPSA) is 41.3 Å². The van der Waals surface area contributed by atoms with Gasteiger partial charge in [-0.1, -0.05) is 6.07 Å². The van der Waals surface area contributed by atoms with Crippen molar-refractivity contribution in [2.24, 2.45) is 0 Å². The molecule has 1 unspecified atom stereocenters. The summed E-state index contributed by atoms with van der Waals surface area (Å²) in [7, 11) is 0. The number of furan rings is 1. The molecule has 0 aromatic carbocycles. The van der Waals surface area contributed by atoms with Gasteiger partial charge < -0.3 is 9.73 Å². The molecule has 0 bridgehead atoms. The molecule has 4 heteroatoms. The van der Waals surface area contributed by atoms with Crippen molar-refractivity contribution in [2.45, 2.75) is 12.5 Å². The predicted octanol–water partition coefficient (Wildman–Crippen LogP) is 2.06. The van der Waals surface area contributed by atoms with E-state index in [4.69, 9.17) is 4.42 Å². The van der Waals surface area contributed by atoms with Crippen LogP contribution in [0.1, 0.15) is 23.9 Å². The van der Waals surface area contributed by atoms with Crippen molar-refractivity contribution in [3.05, 3.63) is 54.2 Å². The molecule has 4 nitrogen and oxygen atoms in total. The molecule has 1 aliphatic rings. The highest BCUT2D eigenvalue weighted by atomic mass is 16.3. The molecule has 3 rings (SSSR count). The SMILES string of the molecule is c1ccc(C(c2ccco2)N2CCCNCC2)nc1. The smallest absolute Gasteiger partial charge is 0.127 e. The molecule has 1 fully saturated rings. The predicted molar refractivity (Wildman–Crippen MR) is 73.8 cm³/mol. The van der Waals surface area contributed by atoms with Gasteiger partial charge in [0.15, 0.2) is 0 Å². The zero-order valence-corrected chi connectivity index (χ0v) is 11.0. The number of hydrogen-bond acceptors (Lipinski definition) is 4. The zero-order valence-electron chi connectivity index (χ0n) is 11.0. The second-order valence-corrected chi connectivity index (χ2v) is 4.81. The van der Waals surface area contributed by atoms with Crippen LogP contribution < -0.4 is 5.32 Å². The Kier molecular flexibility index (Phi) is 3.91. The maximum Gasteiger partial charge on any atom is 0.127 e. The van der Waals surface area contributed by atoms with Crippen LogP contribution in [0.25, 0.3) is 0 Å². The molecule has 2 aromatic heterocycles. The highest BCUT2D eigenvalue weighted by molar-refractivity contribution is 5.20. The van der Waals surface area contributed by atoms with Gasteiger partial charge in [-0.25, -0.2) is 0 Å². The average Bonchev–Trinajstić information content (AvgIpc) is 2.84. The first-order chi connectivity index (χ1) is 9.45. The molecule has 1 atom stereocenters. The molecule has 19 heavy (non-hydrogen) atoms. The summed E-state index contributed by atoms with van der Waals surface area (Å²) in [5.41, 5.74) is 1.05. The molecule has 0 spiro atoms. The van der Waals surface area contributed by atoms with Gasteiger partial charge >= 0.3 is 0 Å². The van der Waals surface area contributed by atoms with E-state index in [0.717, 1.165) is 44.1 Å². The number of nitrogens with one attached hydrogen (secondary N) is 1. The molecule has 3 heterocycles. The minimum absolute atomic E-state index is 0.121. The molecular weight excluding hydrogens is 238 g/mol. The maximum absolute atomic E-state index is 5.64. The Morgan fingerprint density at radius 3 is 2.95 bits per heavy atom. The second-order valence-electron chi connectivity index (χ2n) is 4.81. The number of aromatic nitrogens is 1. The van der Waals surface area contributed by atoms with Crippen LogP contribution in [0.4, 0.5) is 0 Å². The third-order valence-electron chi connectivity index (χ3n) is 3.52. The van der Waals surface area contributed by atoms with Gasteiger partial charge in [-0.2, -0.15) is 0 Å². The highest BCUT2D eigenvalue weighted by Gasteiger charge is 2.26. The Morgan fingerprint density at radius 2 is 2.16 bits per heavy atom. The average molecular weight is 257 g/mol. The van der Waals surface area contributed by atoms with Crippen molar-refractivity contribution >= 4 is 0 Å². The summed E-state index contributed by atoms with van der Waals surface area (Å²) in [6, 6.07) is 10.2. The number of rotatable bonds is 3. The highest BCUT2D eigenvalue weighted by Crippen LogP contribution is 2.27. The Hall–Kier alpha value is -1.65. The fraction of sp³-hybridized carbons (Fsp3) is 0.400. The van der Waals surface area contributed by atoms with Crippen molar-refractivity contribution < 1.29 is 4.42 Å². The summed E-state index contributed by atoms with van der Waals surface area (Å²) in [5, 5.41) is 3.44. The maximum atomic E-state index is 5.64. The lowest BCUT2D eigenvalue weighted by atomic mass is 10.1. The van der Waals surface area contributed by atoms with Gasteiger partial charge in [-0.15, -0.1) is 0 Å². The third-order valence-corrected chi connectivity index (χ3v) is 3.52. The molecule has 1 aliphatic heterocycles. The molecular formula is C15H19N3O. The van der Waals surface area contributed by atoms with E-state index >= 15 is 0 Å². The van der Waals surface area contributed by atoms with Crippen molar-refractivity contribution in [1.82, 2.24) is 15.2 Å². The molecule has 0 amide bonds. The first-order valence-corrected chi connectivity index (χ1v) is 6.84. The monoisotopic (exact) mass is 257 g/mol. The molecule has 0 aliphatic carbocycles. The van der Waals surface area contributed by atoms with Crippen molar-refractivity contribution in [3.63, 3.8) is 0 Å². The lowest BCUT2D eigenvalue weighted by Gasteiger charge is -2.28. The molecule has 1 saturated heterocycles. The third kappa shape index (κ3) is 2.85. The summed E-state index contributed by atoms with van der Waals surface area (Å²) >= 11 is 0. The Balaban J connectivity index is 1.92. The molecule has 1 N–H and O–H groups in total. The van der Waals surface area contributed by atoms with E-state index in [2.05, 4.69) is 21.3 Å². The van der Waals surface area contributed by atoms with Crippen LogP contribution in [0.2, 0.25) is 0 Å². The summed E-state index contributed by atoms with van der Waals surface area (Å²) in [5.74, 6) is 0.973. The summed E-state index contributed by atoms with van der Waals surface area (Å²) < 4.78 is 5.64. The van der Waals surface area contributed by atoms with Crippen molar-refractivity contribution in [1.29, 1.82) is 0 Å². The van der Waals surface area contributed by atoms with Gasteiger partial charge in [0.1, 0.15) is 11.8 Å². The van der Waals surface area contributed by atoms with Crippen LogP contribution in [-0.4, -0.2) is 36.1 Å². The Labute approximate surface area is 113 Å².